The van der Waals surface area contributed by atoms with Gasteiger partial charge in [-0.3, -0.25) is 4.99 Å². The van der Waals surface area contributed by atoms with Crippen molar-refractivity contribution in [3.63, 3.8) is 0 Å². The second kappa shape index (κ2) is 12.9. The van der Waals surface area contributed by atoms with Crippen LogP contribution >= 0.6 is 0 Å². The fourth-order valence-electron chi connectivity index (χ4n) is 8.96. The van der Waals surface area contributed by atoms with Crippen LogP contribution in [0.4, 0.5) is 17.2 Å². The van der Waals surface area contributed by atoms with Crippen LogP contribution in [0.15, 0.2) is 72.0 Å². The molecule has 0 spiro atoms. The number of hydrogen-bond acceptors (Lipinski definition) is 6. The van der Waals surface area contributed by atoms with Gasteiger partial charge >= 0.3 is 21.1 Å². The molecule has 0 N–H and O–H groups in total. The summed E-state index contributed by atoms with van der Waals surface area (Å²) in [6.07, 6.45) is 4.47. The second-order valence-electron chi connectivity index (χ2n) is 18.6. The molecule has 0 saturated carbocycles. The molecule has 286 valence electrons. The van der Waals surface area contributed by atoms with Gasteiger partial charge in [0, 0.05) is 40.4 Å². The normalized spacial score (nSPS) is 20.7. The second-order valence-corrected chi connectivity index (χ2v) is 18.6. The van der Waals surface area contributed by atoms with Crippen LogP contribution < -0.4 is 9.64 Å². The summed E-state index contributed by atoms with van der Waals surface area (Å²) in [5.74, 6) is 2.34. The van der Waals surface area contributed by atoms with Gasteiger partial charge in [-0.25, -0.2) is 9.97 Å². The SMILES string of the molecule is Cc1cc(Oc2[c-]c(C3=N[C@]4(C)c5cc(C)c(C)cc5C[C@]4(C(C)(C)C)O3)ccn2)[c-]c(N2c3ccc(C(C)(C)C)cc3C(C)(C)c3cc(C)cnc32)c1.[Pt+2]. The molecule has 0 bridgehead atoms. The molecule has 3 aliphatic rings. The number of rotatable bonds is 4. The average Bonchev–Trinajstić information content (AvgIpc) is 3.51. The maximum Gasteiger partial charge on any atom is 2.00 e. The van der Waals surface area contributed by atoms with Gasteiger partial charge < -0.3 is 14.4 Å². The number of anilines is 3. The summed E-state index contributed by atoms with van der Waals surface area (Å²) in [7, 11) is 0. The predicted molar refractivity (Wildman–Crippen MR) is 218 cm³/mol. The van der Waals surface area contributed by atoms with Gasteiger partial charge in [0.05, 0.1) is 0 Å². The van der Waals surface area contributed by atoms with Gasteiger partial charge in [0.15, 0.2) is 5.88 Å². The molecule has 8 rings (SSSR count). The van der Waals surface area contributed by atoms with Gasteiger partial charge in [0.1, 0.15) is 22.9 Å². The zero-order valence-corrected chi connectivity index (χ0v) is 36.8. The van der Waals surface area contributed by atoms with E-state index in [0.717, 1.165) is 34.7 Å². The zero-order chi connectivity index (χ0) is 38.7. The fraction of sp³-hybridized carbons (Fsp3) is 0.396. The van der Waals surface area contributed by atoms with E-state index < -0.39 is 11.1 Å². The number of ether oxygens (including phenoxy) is 2. The van der Waals surface area contributed by atoms with E-state index in [0.29, 0.717) is 23.1 Å². The molecule has 1 aliphatic carbocycles. The van der Waals surface area contributed by atoms with Crippen molar-refractivity contribution < 1.29 is 30.5 Å². The molecule has 4 heterocycles. The standard InChI is InChI=1S/C48H52N4O2.Pt/c1-28-18-35(52-40-15-14-34(44(5,6)7)24-38(40)46(11,12)39-20-29(2)27-50-42(39)52)25-36(19-28)53-41-23-32(16-17-49-41)43-51-47(13)37-22-31(4)30(3)21-33(37)26-48(47,54-43)45(8,9)10;/h14-22,24,27H,26H2,1-13H3;/q-2;+2/t47-,48-;/m1./s1. The summed E-state index contributed by atoms with van der Waals surface area (Å²) in [5, 5.41) is 0. The third kappa shape index (κ3) is 6.06. The van der Waals surface area contributed by atoms with E-state index >= 15 is 0 Å². The number of pyridine rings is 2. The minimum atomic E-state index is -0.554. The number of hydrogen-bond donors (Lipinski definition) is 0. The minimum Gasteiger partial charge on any atom is -0.525 e. The van der Waals surface area contributed by atoms with Crippen LogP contribution in [0.1, 0.15) is 118 Å². The summed E-state index contributed by atoms with van der Waals surface area (Å²) in [4.78, 5) is 17.2. The molecule has 3 aromatic carbocycles. The number of benzene rings is 3. The van der Waals surface area contributed by atoms with E-state index in [-0.39, 0.29) is 37.3 Å². The molecule has 2 aliphatic heterocycles. The average molecular weight is 912 g/mol. The maximum atomic E-state index is 7.05. The van der Waals surface area contributed by atoms with E-state index in [2.05, 4.69) is 154 Å². The van der Waals surface area contributed by atoms with Gasteiger partial charge in [-0.1, -0.05) is 92.3 Å². The molecule has 7 heteroatoms. The molecule has 55 heavy (non-hydrogen) atoms. The number of aryl methyl sites for hydroxylation is 4. The first-order valence-corrected chi connectivity index (χ1v) is 19.1. The van der Waals surface area contributed by atoms with E-state index in [1.807, 2.05) is 18.3 Å². The minimum absolute atomic E-state index is 0. The molecular formula is C48H52N4O2Pt. The third-order valence-electron chi connectivity index (χ3n) is 12.3. The van der Waals surface area contributed by atoms with Gasteiger partial charge in [-0.05, 0) is 90.4 Å². The molecular weight excluding hydrogens is 860 g/mol. The van der Waals surface area contributed by atoms with Crippen molar-refractivity contribution in [1.29, 1.82) is 0 Å². The van der Waals surface area contributed by atoms with Crippen molar-refractivity contribution in [3.05, 3.63) is 135 Å². The Kier molecular flexibility index (Phi) is 9.13. The molecule has 0 saturated heterocycles. The smallest absolute Gasteiger partial charge is 0.525 e. The van der Waals surface area contributed by atoms with Crippen LogP contribution in [0.3, 0.4) is 0 Å². The fourth-order valence-corrected chi connectivity index (χ4v) is 8.96. The Morgan fingerprint density at radius 1 is 0.782 bits per heavy atom. The van der Waals surface area contributed by atoms with Crippen LogP contribution in [-0.4, -0.2) is 21.5 Å². The Hall–Kier alpha value is -4.28. The Bertz CT molecular complexity index is 2400. The number of fused-ring (bicyclic) bond motifs is 5. The molecule has 5 aromatic rings. The maximum absolute atomic E-state index is 7.05. The summed E-state index contributed by atoms with van der Waals surface area (Å²) >= 11 is 0. The van der Waals surface area contributed by atoms with Gasteiger partial charge in [-0.15, -0.1) is 35.9 Å². The largest absolute Gasteiger partial charge is 2.00 e. The quantitative estimate of drug-likeness (QED) is 0.168. The summed E-state index contributed by atoms with van der Waals surface area (Å²) in [6, 6.07) is 26.8. The molecule has 0 unspecified atom stereocenters. The third-order valence-corrected chi connectivity index (χ3v) is 12.3. The van der Waals surface area contributed by atoms with Crippen LogP contribution in [0.5, 0.6) is 11.6 Å². The van der Waals surface area contributed by atoms with Gasteiger partial charge in [-0.2, -0.15) is 5.56 Å². The Morgan fingerprint density at radius 3 is 2.22 bits per heavy atom. The summed E-state index contributed by atoms with van der Waals surface area (Å²) in [5.41, 5.74) is 12.1. The van der Waals surface area contributed by atoms with Crippen molar-refractivity contribution in [2.24, 2.45) is 10.4 Å². The first-order chi connectivity index (χ1) is 25.2. The summed E-state index contributed by atoms with van der Waals surface area (Å²) in [6.45, 7) is 28.9. The number of aromatic nitrogens is 2. The first-order valence-electron chi connectivity index (χ1n) is 19.1. The molecule has 0 radical (unpaired) electrons. The van der Waals surface area contributed by atoms with Crippen molar-refractivity contribution >= 4 is 23.1 Å². The van der Waals surface area contributed by atoms with Crippen LogP contribution in [-0.2, 0) is 48.6 Å². The van der Waals surface area contributed by atoms with Gasteiger partial charge in [0.2, 0.25) is 0 Å². The van der Waals surface area contributed by atoms with Crippen molar-refractivity contribution in [2.75, 3.05) is 4.90 Å². The Morgan fingerprint density at radius 2 is 1.51 bits per heavy atom. The predicted octanol–water partition coefficient (Wildman–Crippen LogP) is 11.5. The Balaban J connectivity index is 0.00000465. The number of aliphatic imine (C=N–C) groups is 1. The monoisotopic (exact) mass is 911 g/mol. The molecule has 6 nitrogen and oxygen atoms in total. The van der Waals surface area contributed by atoms with Crippen LogP contribution in [0.25, 0.3) is 0 Å². The van der Waals surface area contributed by atoms with Gasteiger partial charge in [0.25, 0.3) is 0 Å². The number of nitrogens with zero attached hydrogens (tertiary/aromatic N) is 4. The topological polar surface area (TPSA) is 59.8 Å². The van der Waals surface area contributed by atoms with Crippen molar-refractivity contribution in [1.82, 2.24) is 9.97 Å². The van der Waals surface area contributed by atoms with E-state index in [4.69, 9.17) is 19.5 Å². The molecule has 2 aromatic heterocycles. The molecule has 2 atom stereocenters. The summed E-state index contributed by atoms with van der Waals surface area (Å²) < 4.78 is 13.6. The van der Waals surface area contributed by atoms with Crippen LogP contribution in [0, 0.1) is 45.2 Å². The van der Waals surface area contributed by atoms with E-state index in [1.165, 1.54) is 38.9 Å². The zero-order valence-electron chi connectivity index (χ0n) is 34.5. The van der Waals surface area contributed by atoms with Crippen molar-refractivity contribution in [2.45, 2.75) is 118 Å². The van der Waals surface area contributed by atoms with Crippen molar-refractivity contribution in [3.8, 4) is 11.6 Å². The first kappa shape index (κ1) is 39.0. The molecule has 0 fully saturated rings. The van der Waals surface area contributed by atoms with E-state index in [1.54, 1.807) is 6.20 Å². The molecule has 0 amide bonds. The Labute approximate surface area is 342 Å². The van der Waals surface area contributed by atoms with Crippen LogP contribution in [0.2, 0.25) is 0 Å². The van der Waals surface area contributed by atoms with E-state index in [9.17, 15) is 0 Å².